The van der Waals surface area contributed by atoms with Gasteiger partial charge < -0.3 is 14.4 Å². The Morgan fingerprint density at radius 3 is 2.44 bits per heavy atom. The smallest absolute Gasteiger partial charge is 0.301 e. The van der Waals surface area contributed by atoms with Crippen molar-refractivity contribution >= 4 is 34.0 Å². The van der Waals surface area contributed by atoms with Crippen LogP contribution in [-0.2, 0) is 9.59 Å². The molecule has 170 valence electrons. The van der Waals surface area contributed by atoms with Crippen molar-refractivity contribution in [1.82, 2.24) is 5.16 Å². The molecule has 0 spiro atoms. The van der Waals surface area contributed by atoms with Crippen LogP contribution in [0.3, 0.4) is 0 Å². The molecular weight excluding hydrogens is 432 g/mol. The molecule has 4 aromatic rings. The second kappa shape index (κ2) is 8.51. The molecule has 1 aromatic heterocycles. The molecule has 1 unspecified atom stereocenters. The number of anilines is 1. The first-order valence-electron chi connectivity index (χ1n) is 10.9. The fourth-order valence-corrected chi connectivity index (χ4v) is 4.26. The molecule has 0 radical (unpaired) electrons. The number of aromatic nitrogens is 1. The summed E-state index contributed by atoms with van der Waals surface area (Å²) in [5, 5.41) is 17.2. The van der Waals surface area contributed by atoms with Crippen molar-refractivity contribution in [2.45, 2.75) is 19.9 Å². The SMILES string of the molecule is CCOc1ccc(C2/C(=C(\O)c3ccc4ccccc4c3)C(=O)C(=O)N2c2cc(C)on2)cc1. The van der Waals surface area contributed by atoms with Gasteiger partial charge >= 0.3 is 5.91 Å². The molecular formula is C27H22N2O5. The minimum atomic E-state index is -0.883. The van der Waals surface area contributed by atoms with Crippen molar-refractivity contribution in [2.75, 3.05) is 11.5 Å². The van der Waals surface area contributed by atoms with Crippen LogP contribution < -0.4 is 9.64 Å². The summed E-state index contributed by atoms with van der Waals surface area (Å²) in [6.07, 6.45) is 0. The first kappa shape index (κ1) is 21.5. The van der Waals surface area contributed by atoms with Crippen LogP contribution in [0.2, 0.25) is 0 Å². The zero-order valence-electron chi connectivity index (χ0n) is 18.7. The third kappa shape index (κ3) is 3.61. The number of carbonyl (C=O) groups is 2. The molecule has 0 bridgehead atoms. The average Bonchev–Trinajstić information content (AvgIpc) is 3.39. The summed E-state index contributed by atoms with van der Waals surface area (Å²) in [6.45, 7) is 4.10. The normalized spacial score (nSPS) is 17.5. The van der Waals surface area contributed by atoms with E-state index in [9.17, 15) is 14.7 Å². The van der Waals surface area contributed by atoms with Crippen molar-refractivity contribution in [2.24, 2.45) is 0 Å². The predicted molar refractivity (Wildman–Crippen MR) is 128 cm³/mol. The van der Waals surface area contributed by atoms with Gasteiger partial charge in [-0.05, 0) is 48.4 Å². The van der Waals surface area contributed by atoms with E-state index in [0.29, 0.717) is 29.2 Å². The minimum absolute atomic E-state index is 0.00917. The average molecular weight is 454 g/mol. The maximum absolute atomic E-state index is 13.2. The van der Waals surface area contributed by atoms with Crippen molar-refractivity contribution < 1.29 is 24.0 Å². The number of aryl methyl sites for hydroxylation is 1. The molecule has 1 aliphatic rings. The van der Waals surface area contributed by atoms with Crippen molar-refractivity contribution in [3.8, 4) is 5.75 Å². The van der Waals surface area contributed by atoms with E-state index in [1.807, 2.05) is 37.3 Å². The van der Waals surface area contributed by atoms with Gasteiger partial charge in [0.1, 0.15) is 17.3 Å². The number of carbonyl (C=O) groups excluding carboxylic acids is 2. The van der Waals surface area contributed by atoms with E-state index in [2.05, 4.69) is 5.16 Å². The monoisotopic (exact) mass is 454 g/mol. The van der Waals surface area contributed by atoms with Crippen molar-refractivity contribution in [3.05, 3.63) is 95.3 Å². The Morgan fingerprint density at radius 1 is 1.03 bits per heavy atom. The van der Waals surface area contributed by atoms with E-state index < -0.39 is 17.7 Å². The van der Waals surface area contributed by atoms with Gasteiger partial charge in [-0.15, -0.1) is 0 Å². The highest BCUT2D eigenvalue weighted by Gasteiger charge is 2.48. The third-order valence-corrected chi connectivity index (χ3v) is 5.84. The lowest BCUT2D eigenvalue weighted by atomic mass is 9.94. The zero-order chi connectivity index (χ0) is 23.8. The Morgan fingerprint density at radius 2 is 1.76 bits per heavy atom. The summed E-state index contributed by atoms with van der Waals surface area (Å²) in [4.78, 5) is 27.7. The molecule has 3 aromatic carbocycles. The third-order valence-electron chi connectivity index (χ3n) is 5.84. The van der Waals surface area contributed by atoms with Crippen LogP contribution in [0.4, 0.5) is 5.82 Å². The Hall–Kier alpha value is -4.39. The molecule has 1 aliphatic heterocycles. The van der Waals surface area contributed by atoms with Crippen molar-refractivity contribution in [1.29, 1.82) is 0 Å². The highest BCUT2D eigenvalue weighted by atomic mass is 16.5. The summed E-state index contributed by atoms with van der Waals surface area (Å²) < 4.78 is 10.7. The van der Waals surface area contributed by atoms with Crippen LogP contribution in [0.25, 0.3) is 16.5 Å². The minimum Gasteiger partial charge on any atom is -0.507 e. The summed E-state index contributed by atoms with van der Waals surface area (Å²) in [6, 6.07) is 20.9. The quantitative estimate of drug-likeness (QED) is 0.254. The number of fused-ring (bicyclic) bond motifs is 1. The molecule has 1 N–H and O–H groups in total. The molecule has 1 amide bonds. The summed E-state index contributed by atoms with van der Waals surface area (Å²) >= 11 is 0. The molecule has 34 heavy (non-hydrogen) atoms. The van der Waals surface area contributed by atoms with Crippen LogP contribution in [0, 0.1) is 6.92 Å². The number of benzene rings is 3. The first-order chi connectivity index (χ1) is 16.5. The lowest BCUT2D eigenvalue weighted by molar-refractivity contribution is -0.132. The maximum Gasteiger partial charge on any atom is 0.301 e. The second-order valence-corrected chi connectivity index (χ2v) is 8.03. The zero-order valence-corrected chi connectivity index (χ0v) is 18.7. The summed E-state index contributed by atoms with van der Waals surface area (Å²) in [7, 11) is 0. The predicted octanol–water partition coefficient (Wildman–Crippen LogP) is 5.16. The van der Waals surface area contributed by atoms with E-state index in [1.165, 1.54) is 4.90 Å². The van der Waals surface area contributed by atoms with Gasteiger partial charge in [0.25, 0.3) is 5.78 Å². The van der Waals surface area contributed by atoms with Gasteiger partial charge in [-0.3, -0.25) is 14.5 Å². The topological polar surface area (TPSA) is 92.9 Å². The molecule has 1 saturated heterocycles. The van der Waals surface area contributed by atoms with E-state index in [-0.39, 0.29) is 17.2 Å². The lowest BCUT2D eigenvalue weighted by Crippen LogP contribution is -2.29. The number of amides is 1. The number of Topliss-reactive ketones (excluding diaryl/α,β-unsaturated/α-hetero) is 1. The van der Waals surface area contributed by atoms with Gasteiger partial charge in [0.05, 0.1) is 18.2 Å². The number of hydrogen-bond acceptors (Lipinski definition) is 6. The standard InChI is InChI=1S/C27H22N2O5/c1-3-33-21-12-10-18(11-13-21)24-23(26(31)27(32)29(24)22-14-16(2)34-28-22)25(30)20-9-8-17-6-4-5-7-19(17)15-20/h4-15,24,30H,3H2,1-2H3/b25-23+. The van der Waals surface area contributed by atoms with Crippen LogP contribution >= 0.6 is 0 Å². The van der Waals surface area contributed by atoms with Crippen molar-refractivity contribution in [3.63, 3.8) is 0 Å². The van der Waals surface area contributed by atoms with Gasteiger partial charge in [-0.1, -0.05) is 53.7 Å². The fourth-order valence-electron chi connectivity index (χ4n) is 4.26. The van der Waals surface area contributed by atoms with Gasteiger partial charge in [0, 0.05) is 11.6 Å². The van der Waals surface area contributed by atoms with Crippen LogP contribution in [0.5, 0.6) is 5.75 Å². The fraction of sp³-hybridized carbons (Fsp3) is 0.148. The molecule has 5 rings (SSSR count). The molecule has 2 heterocycles. The second-order valence-electron chi connectivity index (χ2n) is 8.03. The van der Waals surface area contributed by atoms with Gasteiger partial charge in [0.15, 0.2) is 5.82 Å². The molecule has 7 heteroatoms. The van der Waals surface area contributed by atoms with Gasteiger partial charge in [0.2, 0.25) is 0 Å². The molecule has 0 saturated carbocycles. The Labute approximate surface area is 195 Å². The molecule has 1 fully saturated rings. The number of rotatable bonds is 5. The highest BCUT2D eigenvalue weighted by molar-refractivity contribution is 6.51. The Balaban J connectivity index is 1.69. The number of aliphatic hydroxyl groups is 1. The van der Waals surface area contributed by atoms with E-state index in [4.69, 9.17) is 9.26 Å². The number of ketones is 1. The van der Waals surface area contributed by atoms with E-state index in [0.717, 1.165) is 10.8 Å². The number of hydrogen-bond donors (Lipinski definition) is 1. The number of nitrogens with zero attached hydrogens (tertiary/aromatic N) is 2. The van der Waals surface area contributed by atoms with E-state index in [1.54, 1.807) is 49.4 Å². The summed E-state index contributed by atoms with van der Waals surface area (Å²) in [5.41, 5.74) is 1.07. The largest absolute Gasteiger partial charge is 0.507 e. The first-order valence-corrected chi connectivity index (χ1v) is 10.9. The van der Waals surface area contributed by atoms with Crippen LogP contribution in [-0.4, -0.2) is 28.6 Å². The highest BCUT2D eigenvalue weighted by Crippen LogP contribution is 2.42. The Bertz CT molecular complexity index is 1430. The maximum atomic E-state index is 13.2. The van der Waals surface area contributed by atoms with Crippen LogP contribution in [0.1, 0.15) is 29.9 Å². The molecule has 0 aliphatic carbocycles. The molecule has 1 atom stereocenters. The molecule has 7 nitrogen and oxygen atoms in total. The van der Waals surface area contributed by atoms with Gasteiger partial charge in [-0.25, -0.2) is 0 Å². The van der Waals surface area contributed by atoms with Gasteiger partial charge in [-0.2, -0.15) is 0 Å². The Kier molecular flexibility index (Phi) is 5.37. The number of ether oxygens (including phenoxy) is 1. The number of aliphatic hydroxyl groups excluding tert-OH is 1. The summed E-state index contributed by atoms with van der Waals surface area (Å²) in [5.74, 6) is -0.451. The van der Waals surface area contributed by atoms with E-state index >= 15 is 0 Å². The lowest BCUT2D eigenvalue weighted by Gasteiger charge is -2.23. The van der Waals surface area contributed by atoms with Crippen LogP contribution in [0.15, 0.2) is 82.9 Å².